The van der Waals surface area contributed by atoms with E-state index in [0.717, 1.165) is 69.4 Å². The number of carbonyl (C=O) groups excluding carboxylic acids is 1. The Kier molecular flexibility index (Phi) is 5.36. The van der Waals surface area contributed by atoms with E-state index in [0.29, 0.717) is 17.6 Å². The van der Waals surface area contributed by atoms with Crippen molar-refractivity contribution in [3.8, 4) is 0 Å². The smallest absolute Gasteiger partial charge is 0.232 e. The topological polar surface area (TPSA) is 63.1 Å². The minimum absolute atomic E-state index is 0.296. The third-order valence-corrected chi connectivity index (χ3v) is 5.59. The lowest BCUT2D eigenvalue weighted by molar-refractivity contribution is -0.129. The van der Waals surface area contributed by atoms with E-state index in [2.05, 4.69) is 27.0 Å². The molecule has 6 nitrogen and oxygen atoms in total. The first kappa shape index (κ1) is 15.8. The Morgan fingerprint density at radius 3 is 2.91 bits per heavy atom. The molecule has 2 aliphatic heterocycles. The molecule has 1 N–H and O–H groups in total. The van der Waals surface area contributed by atoms with Gasteiger partial charge in [0.05, 0.1) is 12.3 Å². The van der Waals surface area contributed by atoms with Gasteiger partial charge in [-0.25, -0.2) is 0 Å². The first-order chi connectivity index (χ1) is 10.8. The number of hydrogen-bond donors (Lipinski definition) is 1. The molecule has 1 amide bonds. The predicted molar refractivity (Wildman–Crippen MR) is 87.9 cm³/mol. The number of nitrogens with zero attached hydrogens (tertiary/aromatic N) is 4. The number of nitrogens with one attached hydrogen (secondary N) is 1. The molecule has 0 unspecified atom stereocenters. The summed E-state index contributed by atoms with van der Waals surface area (Å²) < 4.78 is 2.27. The van der Waals surface area contributed by atoms with Crippen molar-refractivity contribution in [2.24, 2.45) is 0 Å². The van der Waals surface area contributed by atoms with Crippen molar-refractivity contribution < 1.29 is 4.79 Å². The molecular formula is C15H25N5OS. The summed E-state index contributed by atoms with van der Waals surface area (Å²) in [4.78, 5) is 14.2. The van der Waals surface area contributed by atoms with Crippen LogP contribution in [0.2, 0.25) is 0 Å². The van der Waals surface area contributed by atoms with Gasteiger partial charge in [-0.05, 0) is 25.0 Å². The molecule has 3 heterocycles. The third-order valence-electron chi connectivity index (χ3n) is 4.44. The van der Waals surface area contributed by atoms with Gasteiger partial charge >= 0.3 is 0 Å². The maximum absolute atomic E-state index is 12.2. The SMILES string of the molecule is CCCSCC(=O)N1CCC(c2nnc3n2CCNC3)CC1. The van der Waals surface area contributed by atoms with Gasteiger partial charge in [0.15, 0.2) is 0 Å². The molecule has 1 saturated heterocycles. The van der Waals surface area contributed by atoms with Crippen LogP contribution in [0.25, 0.3) is 0 Å². The molecule has 122 valence electrons. The Morgan fingerprint density at radius 1 is 1.32 bits per heavy atom. The van der Waals surface area contributed by atoms with Gasteiger partial charge < -0.3 is 14.8 Å². The average molecular weight is 323 g/mol. The van der Waals surface area contributed by atoms with Crippen molar-refractivity contribution in [1.29, 1.82) is 0 Å². The average Bonchev–Trinajstić information content (AvgIpc) is 2.99. The second kappa shape index (κ2) is 7.46. The molecule has 0 radical (unpaired) electrons. The van der Waals surface area contributed by atoms with Crippen molar-refractivity contribution in [3.63, 3.8) is 0 Å². The Bertz CT molecular complexity index is 510. The van der Waals surface area contributed by atoms with Crippen LogP contribution < -0.4 is 5.32 Å². The fourth-order valence-corrected chi connectivity index (χ4v) is 3.99. The van der Waals surface area contributed by atoms with Crippen LogP contribution in [0.1, 0.15) is 43.8 Å². The molecule has 0 spiro atoms. The number of aromatic nitrogens is 3. The number of likely N-dealkylation sites (tertiary alicyclic amines) is 1. The Balaban J connectivity index is 1.53. The van der Waals surface area contributed by atoms with Crippen LogP contribution in [0.3, 0.4) is 0 Å². The fourth-order valence-electron chi connectivity index (χ4n) is 3.20. The van der Waals surface area contributed by atoms with Gasteiger partial charge in [0.2, 0.25) is 5.91 Å². The van der Waals surface area contributed by atoms with E-state index in [9.17, 15) is 4.79 Å². The molecule has 1 fully saturated rings. The van der Waals surface area contributed by atoms with Crippen molar-refractivity contribution >= 4 is 17.7 Å². The second-order valence-electron chi connectivity index (χ2n) is 6.01. The van der Waals surface area contributed by atoms with E-state index in [1.807, 2.05) is 4.90 Å². The normalized spacial score (nSPS) is 19.2. The highest BCUT2D eigenvalue weighted by Gasteiger charge is 2.28. The quantitative estimate of drug-likeness (QED) is 0.826. The minimum Gasteiger partial charge on any atom is -0.342 e. The maximum Gasteiger partial charge on any atom is 0.232 e. The number of fused-ring (bicyclic) bond motifs is 1. The van der Waals surface area contributed by atoms with Crippen LogP contribution in [0.15, 0.2) is 0 Å². The van der Waals surface area contributed by atoms with Crippen molar-refractivity contribution in [2.45, 2.75) is 45.2 Å². The lowest BCUT2D eigenvalue weighted by Gasteiger charge is -2.32. The van der Waals surface area contributed by atoms with Crippen molar-refractivity contribution in [1.82, 2.24) is 25.0 Å². The standard InChI is InChI=1S/C15H25N5OS/c1-2-9-22-11-14(21)19-6-3-12(4-7-19)15-18-17-13-10-16-5-8-20(13)15/h12,16H,2-11H2,1H3. The summed E-state index contributed by atoms with van der Waals surface area (Å²) in [5.41, 5.74) is 0. The van der Waals surface area contributed by atoms with Gasteiger partial charge in [0.25, 0.3) is 0 Å². The molecule has 0 aliphatic carbocycles. The summed E-state index contributed by atoms with van der Waals surface area (Å²) in [6.07, 6.45) is 3.15. The highest BCUT2D eigenvalue weighted by Crippen LogP contribution is 2.28. The maximum atomic E-state index is 12.2. The predicted octanol–water partition coefficient (Wildman–Crippen LogP) is 1.23. The van der Waals surface area contributed by atoms with Gasteiger partial charge in [0, 0.05) is 32.1 Å². The van der Waals surface area contributed by atoms with E-state index in [4.69, 9.17) is 0 Å². The van der Waals surface area contributed by atoms with Crippen molar-refractivity contribution in [2.75, 3.05) is 31.1 Å². The molecule has 0 atom stereocenters. The summed E-state index contributed by atoms with van der Waals surface area (Å²) in [5, 5.41) is 12.0. The van der Waals surface area contributed by atoms with Gasteiger partial charge in [-0.1, -0.05) is 6.92 Å². The number of hydrogen-bond acceptors (Lipinski definition) is 5. The molecule has 0 saturated carbocycles. The summed E-state index contributed by atoms with van der Waals surface area (Å²) in [5.74, 6) is 4.63. The van der Waals surface area contributed by atoms with Crippen LogP contribution in [-0.4, -0.2) is 56.7 Å². The first-order valence-corrected chi connectivity index (χ1v) is 9.43. The zero-order valence-corrected chi connectivity index (χ0v) is 14.1. The van der Waals surface area contributed by atoms with Crippen LogP contribution in [0, 0.1) is 0 Å². The van der Waals surface area contributed by atoms with E-state index < -0.39 is 0 Å². The van der Waals surface area contributed by atoms with Crippen LogP contribution in [-0.2, 0) is 17.9 Å². The van der Waals surface area contributed by atoms with Gasteiger partial charge in [0.1, 0.15) is 11.6 Å². The van der Waals surface area contributed by atoms with Gasteiger partial charge in [-0.15, -0.1) is 10.2 Å². The number of amides is 1. The van der Waals surface area contributed by atoms with Gasteiger partial charge in [-0.2, -0.15) is 11.8 Å². The Hall–Kier alpha value is -1.08. The molecule has 3 rings (SSSR count). The van der Waals surface area contributed by atoms with E-state index in [-0.39, 0.29) is 0 Å². The van der Waals surface area contributed by atoms with E-state index >= 15 is 0 Å². The molecule has 7 heteroatoms. The summed E-state index contributed by atoms with van der Waals surface area (Å²) in [6.45, 7) is 6.64. The first-order valence-electron chi connectivity index (χ1n) is 8.27. The summed E-state index contributed by atoms with van der Waals surface area (Å²) >= 11 is 1.75. The monoisotopic (exact) mass is 323 g/mol. The summed E-state index contributed by atoms with van der Waals surface area (Å²) in [7, 11) is 0. The zero-order valence-electron chi connectivity index (χ0n) is 13.3. The largest absolute Gasteiger partial charge is 0.342 e. The zero-order chi connectivity index (χ0) is 15.4. The number of piperidine rings is 1. The summed E-state index contributed by atoms with van der Waals surface area (Å²) in [6, 6.07) is 0. The molecule has 0 bridgehead atoms. The molecule has 2 aliphatic rings. The van der Waals surface area contributed by atoms with Crippen LogP contribution >= 0.6 is 11.8 Å². The molecule has 1 aromatic rings. The molecule has 22 heavy (non-hydrogen) atoms. The minimum atomic E-state index is 0.296. The van der Waals surface area contributed by atoms with E-state index in [1.165, 1.54) is 0 Å². The van der Waals surface area contributed by atoms with Crippen molar-refractivity contribution in [3.05, 3.63) is 11.6 Å². The highest BCUT2D eigenvalue weighted by atomic mass is 32.2. The Morgan fingerprint density at radius 2 is 2.14 bits per heavy atom. The Labute approximate surface area is 136 Å². The number of thioether (sulfide) groups is 1. The lowest BCUT2D eigenvalue weighted by Crippen LogP contribution is -2.39. The van der Waals surface area contributed by atoms with Crippen LogP contribution in [0.4, 0.5) is 0 Å². The van der Waals surface area contributed by atoms with E-state index in [1.54, 1.807) is 11.8 Å². The second-order valence-corrected chi connectivity index (χ2v) is 7.12. The van der Waals surface area contributed by atoms with Crippen LogP contribution in [0.5, 0.6) is 0 Å². The lowest BCUT2D eigenvalue weighted by atomic mass is 9.95. The molecular weight excluding hydrogens is 298 g/mol. The highest BCUT2D eigenvalue weighted by molar-refractivity contribution is 7.99. The molecule has 0 aromatic carbocycles. The van der Waals surface area contributed by atoms with Gasteiger partial charge in [-0.3, -0.25) is 4.79 Å². The fraction of sp³-hybridized carbons (Fsp3) is 0.800. The number of rotatable bonds is 5. The third kappa shape index (κ3) is 3.46. The molecule has 1 aromatic heterocycles. The number of carbonyl (C=O) groups is 1.